The first-order valence-electron chi connectivity index (χ1n) is 16.2. The Bertz CT molecular complexity index is 817. The molecule has 8 heteroatoms. The molecule has 1 amide bonds. The number of hydrogen-bond acceptors (Lipinski definition) is 5. The molecular weight excluding hydrogens is 366 g/mol. The van der Waals surface area contributed by atoms with Crippen molar-refractivity contribution in [2.24, 2.45) is 0 Å². The molecule has 0 unspecified atom stereocenters. The highest BCUT2D eigenvalue weighted by Crippen LogP contribution is 2.31. The molecule has 27 heavy (non-hydrogen) atoms. The summed E-state index contributed by atoms with van der Waals surface area (Å²) < 4.78 is 94.7. The van der Waals surface area contributed by atoms with Crippen LogP contribution >= 0.6 is 0 Å². The number of benzene rings is 1. The first kappa shape index (κ1) is 13.5. The van der Waals surface area contributed by atoms with Crippen molar-refractivity contribution >= 4 is 15.9 Å². The molecule has 1 atom stereocenters. The third kappa shape index (κ3) is 5.43. The van der Waals surface area contributed by atoms with E-state index in [2.05, 4.69) is 5.32 Å². The summed E-state index contributed by atoms with van der Waals surface area (Å²) in [5, 5.41) is 13.2. The van der Waals surface area contributed by atoms with Crippen molar-refractivity contribution in [3.05, 3.63) is 29.3 Å². The molecule has 2 rings (SSSR count). The lowest BCUT2D eigenvalue weighted by atomic mass is 9.84. The fourth-order valence-corrected chi connectivity index (χ4v) is 4.15. The van der Waals surface area contributed by atoms with Gasteiger partial charge in [-0.15, -0.1) is 0 Å². The Morgan fingerprint density at radius 1 is 1.30 bits per heavy atom. The number of rotatable bonds is 5. The predicted octanol–water partition coefficient (Wildman–Crippen LogP) is 2.65. The summed E-state index contributed by atoms with van der Waals surface area (Å²) in [6, 6.07) is 5.07. The smallest absolute Gasteiger partial charge is 0.240 e. The summed E-state index contributed by atoms with van der Waals surface area (Å²) in [5.41, 5.74) is 1.63. The molecule has 0 radical (unpaired) electrons. The van der Waals surface area contributed by atoms with Crippen LogP contribution in [0.5, 0.6) is 5.75 Å². The third-order valence-corrected chi connectivity index (χ3v) is 6.28. The normalized spacial score (nSPS) is 19.8. The number of likely N-dealkylation sites (N-methyl/N-ethyl adjacent to an activating group) is 1. The van der Waals surface area contributed by atoms with Crippen LogP contribution in [0.1, 0.15) is 52.7 Å². The first-order valence-corrected chi connectivity index (χ1v) is 11.0. The van der Waals surface area contributed by atoms with E-state index in [9.17, 15) is 18.3 Å². The van der Waals surface area contributed by atoms with E-state index < -0.39 is 16.1 Å². The van der Waals surface area contributed by atoms with E-state index in [1.807, 2.05) is 32.9 Å². The van der Waals surface area contributed by atoms with E-state index in [4.69, 9.17) is 20.8 Å². The molecule has 1 fully saturated rings. The molecule has 2 N–H and O–H groups in total. The number of amides is 1. The number of hydrogen-bond donors (Lipinski definition) is 2. The number of phenols is 1. The van der Waals surface area contributed by atoms with Gasteiger partial charge in [0, 0.05) is 47.0 Å². The number of aromatic hydroxyl groups is 1. The topological polar surface area (TPSA) is 89.9 Å². The maximum absolute atomic E-state index is 12.9. The lowest BCUT2D eigenvalue weighted by molar-refractivity contribution is -0.134. The molecule has 0 saturated carbocycles. The molecule has 0 aromatic heterocycles. The second-order valence-corrected chi connectivity index (χ2v) is 10.1. The highest BCUT2D eigenvalue weighted by atomic mass is 32.2. The molecule has 1 aromatic rings. The molecule has 1 aliphatic rings. The van der Waals surface area contributed by atoms with Gasteiger partial charge in [-0.05, 0) is 36.1 Å². The van der Waals surface area contributed by atoms with Crippen LogP contribution in [0.4, 0.5) is 0 Å². The average Bonchev–Trinajstić information content (AvgIpc) is 3.02. The van der Waals surface area contributed by atoms with Crippen molar-refractivity contribution in [3.63, 3.8) is 0 Å². The Hall–Kier alpha value is -1.64. The number of nitrogens with zero attached hydrogens (tertiary/aromatic N) is 2. The lowest BCUT2D eigenvalue weighted by Crippen LogP contribution is -2.55. The van der Waals surface area contributed by atoms with Crippen LogP contribution in [-0.4, -0.2) is 74.2 Å². The van der Waals surface area contributed by atoms with Gasteiger partial charge in [0.15, 0.2) is 0 Å². The molecule has 0 spiro atoms. The van der Waals surface area contributed by atoms with Crippen molar-refractivity contribution in [1.82, 2.24) is 14.5 Å². The lowest BCUT2D eigenvalue weighted by Gasteiger charge is -2.35. The van der Waals surface area contributed by atoms with Crippen LogP contribution in [0.25, 0.3) is 0 Å². The maximum Gasteiger partial charge on any atom is 0.240 e. The van der Waals surface area contributed by atoms with E-state index in [0.717, 1.165) is 11.1 Å². The van der Waals surface area contributed by atoms with Gasteiger partial charge in [0.2, 0.25) is 15.9 Å². The Kier molecular flexibility index (Phi) is 4.09. The minimum atomic E-state index is -3.22. The molecule has 1 aromatic carbocycles. The van der Waals surface area contributed by atoms with Gasteiger partial charge in [-0.25, -0.2) is 8.42 Å². The van der Waals surface area contributed by atoms with Gasteiger partial charge in [-0.2, -0.15) is 4.31 Å². The van der Waals surface area contributed by atoms with Crippen LogP contribution in [0, 0.1) is 0 Å². The fourth-order valence-electron chi connectivity index (χ4n) is 3.32. The Balaban J connectivity index is -0.000000191. The summed E-state index contributed by atoms with van der Waals surface area (Å²) in [6.45, 7) is 7.55. The fraction of sp³-hybridized carbons (Fsp3) is 0.632. The number of phenolic OH excluding ortho intramolecular Hbond substituents is 1. The van der Waals surface area contributed by atoms with E-state index in [1.165, 1.54) is 10.6 Å². The summed E-state index contributed by atoms with van der Waals surface area (Å²) >= 11 is 0. The highest BCUT2D eigenvalue weighted by Gasteiger charge is 2.30. The average molecular weight is 440 g/mol. The van der Waals surface area contributed by atoms with Gasteiger partial charge in [0.05, 0.1) is 12.3 Å². The zero-order valence-electron chi connectivity index (χ0n) is 30.8. The van der Waals surface area contributed by atoms with Gasteiger partial charge in [0.1, 0.15) is 5.75 Å². The minimum absolute atomic E-state index is 0.0314. The Morgan fingerprint density at radius 2 is 1.89 bits per heavy atom. The van der Waals surface area contributed by atoms with Gasteiger partial charge in [-0.1, -0.05) is 32.9 Å². The summed E-state index contributed by atoms with van der Waals surface area (Å²) in [6.07, 6.45) is 1.70. The largest absolute Gasteiger partial charge is 0.508 e. The second-order valence-electron chi connectivity index (χ2n) is 8.13. The molecule has 0 bridgehead atoms. The molecule has 0 aliphatic carbocycles. The zero-order valence-corrected chi connectivity index (χ0v) is 17.6. The van der Waals surface area contributed by atoms with Crippen LogP contribution in [0.2, 0.25) is 0 Å². The zero-order chi connectivity index (χ0) is 34.4. The Morgan fingerprint density at radius 3 is 2.37 bits per heavy atom. The summed E-state index contributed by atoms with van der Waals surface area (Å²) in [7, 11) is -1.47. The van der Waals surface area contributed by atoms with Crippen molar-refractivity contribution < 1.29 is 39.1 Å². The van der Waals surface area contributed by atoms with Crippen LogP contribution in [0.3, 0.4) is 0 Å². The van der Waals surface area contributed by atoms with Crippen molar-refractivity contribution in [2.75, 3.05) is 39.5 Å². The van der Waals surface area contributed by atoms with E-state index in [1.54, 1.807) is 18.0 Å². The quantitative estimate of drug-likeness (QED) is 0.736. The monoisotopic (exact) mass is 439 g/mol. The minimum Gasteiger partial charge on any atom is -0.508 e. The predicted molar refractivity (Wildman–Crippen MR) is 121 cm³/mol. The number of sulfonamides is 1. The number of carbonyl (C=O) groups excluding carboxylic acids is 1. The molecule has 1 saturated heterocycles. The van der Waals surface area contributed by atoms with Crippen LogP contribution in [0.15, 0.2) is 18.2 Å². The Labute approximate surface area is 184 Å². The van der Waals surface area contributed by atoms with E-state index >= 15 is 0 Å². The molecular formula is C19H45N3O4S. The maximum atomic E-state index is 12.9. The standard InChI is InChI=1S/C19H31N3O4S.7H2/c1-19(2,3)15-12-14(6-7-17(15)23)13-16(20-4)18(24)21-8-10-22(11-9-21)27(5,25)26;;;;;;;/h6-7,12,16,20,23H,8-11,13H2,1-5H3;7*1H/t16-;;;;;;;/m0......./s1/i;7*1+2T. The van der Waals surface area contributed by atoms with Crippen molar-refractivity contribution in [3.8, 4) is 5.75 Å². The van der Waals surface area contributed by atoms with Crippen molar-refractivity contribution in [2.45, 2.75) is 38.6 Å². The van der Waals surface area contributed by atoms with Gasteiger partial charge >= 0.3 is 0 Å². The number of nitrogens with one attached hydrogen (secondary N) is 1. The van der Waals surface area contributed by atoms with Crippen LogP contribution < -0.4 is 5.32 Å². The molecule has 1 aliphatic heterocycles. The second kappa shape index (κ2) is 8.16. The summed E-state index contributed by atoms with van der Waals surface area (Å²) in [5.74, 6) is 0.228. The number of carbonyl (C=O) groups is 1. The van der Waals surface area contributed by atoms with Gasteiger partial charge in [-0.3, -0.25) is 4.79 Å². The van der Waals surface area contributed by atoms with Crippen molar-refractivity contribution in [1.29, 1.82) is 0 Å². The van der Waals surface area contributed by atoms with E-state index in [0.29, 0.717) is 32.6 Å². The summed E-state index contributed by atoms with van der Waals surface area (Å²) in [4.78, 5) is 14.6. The first-order chi connectivity index (χ1) is 19.4. The molecule has 166 valence electrons. The molecule has 1 heterocycles. The SMILES string of the molecule is CN[C@@H](Cc1ccc(O)c(C(C)(C)C)c1)C(=O)N1CCN(S(C)(=O)=O)CC1.[3H][3H].[3H][3H].[3H][3H].[3H][3H].[3H][3H].[3H][3H].[3H][3H]. The third-order valence-electron chi connectivity index (χ3n) is 4.97. The van der Waals surface area contributed by atoms with Gasteiger partial charge in [0.25, 0.3) is 0 Å². The van der Waals surface area contributed by atoms with Crippen LogP contribution in [-0.2, 0) is 26.7 Å². The number of piperazine rings is 1. The van der Waals surface area contributed by atoms with Gasteiger partial charge < -0.3 is 15.3 Å². The van der Waals surface area contributed by atoms with E-state index in [-0.39, 0.29) is 17.1 Å². The molecule has 7 nitrogen and oxygen atoms in total. The highest BCUT2D eigenvalue weighted by molar-refractivity contribution is 7.88.